The van der Waals surface area contributed by atoms with E-state index in [1.54, 1.807) is 7.11 Å². The highest BCUT2D eigenvalue weighted by atomic mass is 16.5. The Morgan fingerprint density at radius 3 is 2.72 bits per heavy atom. The van der Waals surface area contributed by atoms with Crippen molar-refractivity contribution in [1.82, 2.24) is 5.32 Å². The fourth-order valence-corrected chi connectivity index (χ4v) is 2.78. The molecule has 0 aliphatic heterocycles. The number of methoxy groups -OCH3 is 1. The summed E-state index contributed by atoms with van der Waals surface area (Å²) in [5.41, 5.74) is 0.611. The van der Waals surface area contributed by atoms with E-state index in [4.69, 9.17) is 4.74 Å². The Hall–Kier alpha value is -1.06. The first kappa shape index (κ1) is 13.4. The molecular formula is C15H23NO2. The van der Waals surface area contributed by atoms with Gasteiger partial charge in [-0.3, -0.25) is 0 Å². The first-order valence-electron chi connectivity index (χ1n) is 6.68. The van der Waals surface area contributed by atoms with Gasteiger partial charge in [0.2, 0.25) is 0 Å². The molecule has 0 saturated heterocycles. The second kappa shape index (κ2) is 5.72. The first-order valence-corrected chi connectivity index (χ1v) is 6.68. The monoisotopic (exact) mass is 249 g/mol. The minimum Gasteiger partial charge on any atom is -0.497 e. The molecular weight excluding hydrogens is 226 g/mol. The van der Waals surface area contributed by atoms with Crippen LogP contribution in [-0.2, 0) is 6.42 Å². The topological polar surface area (TPSA) is 41.5 Å². The van der Waals surface area contributed by atoms with Crippen molar-refractivity contribution in [3.63, 3.8) is 0 Å². The quantitative estimate of drug-likeness (QED) is 0.859. The van der Waals surface area contributed by atoms with Crippen LogP contribution in [0.15, 0.2) is 24.3 Å². The zero-order valence-electron chi connectivity index (χ0n) is 11.3. The molecule has 0 bridgehead atoms. The Morgan fingerprint density at radius 2 is 2.11 bits per heavy atom. The summed E-state index contributed by atoms with van der Waals surface area (Å²) in [5, 5.41) is 13.9. The van der Waals surface area contributed by atoms with Gasteiger partial charge in [0.25, 0.3) is 0 Å². The zero-order chi connectivity index (χ0) is 13.0. The first-order chi connectivity index (χ1) is 8.65. The minimum absolute atomic E-state index is 0.542. The van der Waals surface area contributed by atoms with Crippen LogP contribution in [-0.4, -0.2) is 30.9 Å². The lowest BCUT2D eigenvalue weighted by molar-refractivity contribution is -0.00244. The molecule has 0 aromatic heterocycles. The third kappa shape index (κ3) is 3.24. The van der Waals surface area contributed by atoms with Crippen LogP contribution in [0, 0.1) is 0 Å². The van der Waals surface area contributed by atoms with Crippen LogP contribution in [0.25, 0.3) is 0 Å². The van der Waals surface area contributed by atoms with Crippen molar-refractivity contribution in [3.05, 3.63) is 29.8 Å². The fourth-order valence-electron chi connectivity index (χ4n) is 2.78. The normalized spacial score (nSPS) is 28.1. The van der Waals surface area contributed by atoms with Crippen LogP contribution in [0.5, 0.6) is 5.75 Å². The summed E-state index contributed by atoms with van der Waals surface area (Å²) >= 11 is 0. The van der Waals surface area contributed by atoms with Crippen molar-refractivity contribution < 1.29 is 9.84 Å². The molecule has 0 atom stereocenters. The van der Waals surface area contributed by atoms with Crippen molar-refractivity contribution in [2.45, 2.75) is 43.7 Å². The summed E-state index contributed by atoms with van der Waals surface area (Å²) in [6.07, 6.45) is 4.57. The fraction of sp³-hybridized carbons (Fsp3) is 0.600. The third-order valence-corrected chi connectivity index (χ3v) is 3.99. The van der Waals surface area contributed by atoms with Gasteiger partial charge in [-0.2, -0.15) is 0 Å². The molecule has 0 unspecified atom stereocenters. The SMILES string of the molecule is CNC1CCC(O)(Cc2cccc(OC)c2)CC1. The van der Waals surface area contributed by atoms with Crippen molar-refractivity contribution in [3.8, 4) is 5.75 Å². The molecule has 1 aliphatic carbocycles. The number of aliphatic hydroxyl groups is 1. The standard InChI is InChI=1S/C15H23NO2/c1-16-13-6-8-15(17,9-7-13)11-12-4-3-5-14(10-12)18-2/h3-5,10,13,16-17H,6-9,11H2,1-2H3. The molecule has 2 N–H and O–H groups in total. The highest BCUT2D eigenvalue weighted by Gasteiger charge is 2.32. The predicted molar refractivity (Wildman–Crippen MR) is 73.0 cm³/mol. The van der Waals surface area contributed by atoms with E-state index < -0.39 is 5.60 Å². The Kier molecular flexibility index (Phi) is 4.25. The van der Waals surface area contributed by atoms with Crippen LogP contribution in [0.4, 0.5) is 0 Å². The van der Waals surface area contributed by atoms with E-state index in [2.05, 4.69) is 11.4 Å². The lowest BCUT2D eigenvalue weighted by Gasteiger charge is -2.36. The van der Waals surface area contributed by atoms with E-state index in [0.717, 1.165) is 43.4 Å². The van der Waals surface area contributed by atoms with Crippen molar-refractivity contribution in [2.75, 3.05) is 14.2 Å². The number of ether oxygens (including phenoxy) is 1. The van der Waals surface area contributed by atoms with Crippen molar-refractivity contribution in [1.29, 1.82) is 0 Å². The van der Waals surface area contributed by atoms with Crippen LogP contribution in [0.2, 0.25) is 0 Å². The molecule has 100 valence electrons. The summed E-state index contributed by atoms with van der Waals surface area (Å²) in [7, 11) is 3.67. The van der Waals surface area contributed by atoms with Gasteiger partial charge in [0.15, 0.2) is 0 Å². The molecule has 3 nitrogen and oxygen atoms in total. The summed E-state index contributed by atoms with van der Waals surface area (Å²) in [6.45, 7) is 0. The number of nitrogens with one attached hydrogen (secondary N) is 1. The Balaban J connectivity index is 1.99. The molecule has 3 heteroatoms. The number of rotatable bonds is 4. The average molecular weight is 249 g/mol. The van der Waals surface area contributed by atoms with Crippen LogP contribution in [0.1, 0.15) is 31.2 Å². The second-order valence-electron chi connectivity index (χ2n) is 5.32. The Bertz CT molecular complexity index is 384. The van der Waals surface area contributed by atoms with Gasteiger partial charge in [-0.15, -0.1) is 0 Å². The van der Waals surface area contributed by atoms with Crippen molar-refractivity contribution >= 4 is 0 Å². The van der Waals surface area contributed by atoms with E-state index in [1.807, 2.05) is 25.2 Å². The highest BCUT2D eigenvalue weighted by molar-refractivity contribution is 5.29. The van der Waals surface area contributed by atoms with Crippen molar-refractivity contribution in [2.24, 2.45) is 0 Å². The number of benzene rings is 1. The van der Waals surface area contributed by atoms with Gasteiger partial charge < -0.3 is 15.2 Å². The molecule has 0 heterocycles. The smallest absolute Gasteiger partial charge is 0.119 e. The molecule has 1 aromatic rings. The molecule has 1 aromatic carbocycles. The third-order valence-electron chi connectivity index (χ3n) is 3.99. The van der Waals surface area contributed by atoms with Gasteiger partial charge in [-0.25, -0.2) is 0 Å². The van der Waals surface area contributed by atoms with Crippen LogP contribution in [0.3, 0.4) is 0 Å². The summed E-state index contributed by atoms with van der Waals surface area (Å²) in [6, 6.07) is 8.56. The number of hydrogen-bond donors (Lipinski definition) is 2. The molecule has 0 amide bonds. The summed E-state index contributed by atoms with van der Waals surface area (Å²) in [4.78, 5) is 0. The largest absolute Gasteiger partial charge is 0.497 e. The zero-order valence-corrected chi connectivity index (χ0v) is 11.3. The van der Waals surface area contributed by atoms with Gasteiger partial charge in [-0.1, -0.05) is 12.1 Å². The van der Waals surface area contributed by atoms with Gasteiger partial charge in [0.1, 0.15) is 5.75 Å². The molecule has 1 aliphatic rings. The van der Waals surface area contributed by atoms with E-state index in [0.29, 0.717) is 6.04 Å². The van der Waals surface area contributed by atoms with Crippen LogP contribution < -0.4 is 10.1 Å². The highest BCUT2D eigenvalue weighted by Crippen LogP contribution is 2.32. The summed E-state index contributed by atoms with van der Waals surface area (Å²) < 4.78 is 5.22. The molecule has 1 saturated carbocycles. The lowest BCUT2D eigenvalue weighted by atomic mass is 9.78. The van der Waals surface area contributed by atoms with E-state index in [1.165, 1.54) is 0 Å². The maximum Gasteiger partial charge on any atom is 0.119 e. The minimum atomic E-state index is -0.542. The maximum atomic E-state index is 10.6. The van der Waals surface area contributed by atoms with E-state index in [-0.39, 0.29) is 0 Å². The molecule has 2 rings (SSSR count). The summed E-state index contributed by atoms with van der Waals surface area (Å²) in [5.74, 6) is 0.861. The molecule has 0 spiro atoms. The Morgan fingerprint density at radius 1 is 1.39 bits per heavy atom. The van der Waals surface area contributed by atoms with E-state index >= 15 is 0 Å². The maximum absolute atomic E-state index is 10.6. The van der Waals surface area contributed by atoms with Gasteiger partial charge in [0, 0.05) is 12.5 Å². The van der Waals surface area contributed by atoms with E-state index in [9.17, 15) is 5.11 Å². The van der Waals surface area contributed by atoms with Crippen LogP contribution >= 0.6 is 0 Å². The molecule has 0 radical (unpaired) electrons. The lowest BCUT2D eigenvalue weighted by Crippen LogP contribution is -2.41. The molecule has 1 fully saturated rings. The number of hydrogen-bond acceptors (Lipinski definition) is 3. The van der Waals surface area contributed by atoms with Gasteiger partial charge in [0.05, 0.1) is 12.7 Å². The van der Waals surface area contributed by atoms with Gasteiger partial charge >= 0.3 is 0 Å². The molecule has 18 heavy (non-hydrogen) atoms. The average Bonchev–Trinajstić information content (AvgIpc) is 2.39. The van der Waals surface area contributed by atoms with Gasteiger partial charge in [-0.05, 0) is 50.4 Å². The second-order valence-corrected chi connectivity index (χ2v) is 5.32. The Labute approximate surface area is 109 Å². The predicted octanol–water partition coefficient (Wildman–Crippen LogP) is 2.13.